The van der Waals surface area contributed by atoms with Crippen molar-refractivity contribution in [2.75, 3.05) is 12.3 Å². The summed E-state index contributed by atoms with van der Waals surface area (Å²) in [6, 6.07) is 3.37. The molecule has 0 saturated heterocycles. The fourth-order valence-corrected chi connectivity index (χ4v) is 6.74. The Bertz CT molecular complexity index is 1350. The molecule has 3 aromatic rings. The van der Waals surface area contributed by atoms with Crippen LogP contribution in [-0.4, -0.2) is 27.8 Å². The summed E-state index contributed by atoms with van der Waals surface area (Å²) in [6.07, 6.45) is -1.35. The van der Waals surface area contributed by atoms with E-state index < -0.39 is 22.3 Å². The quantitative estimate of drug-likeness (QED) is 0.266. The SMILES string of the molecule is CC(C)CCNC(=O)CSc1nc2sc3c(c2c(=O)n1-c1ccc(Cl)c(C(F)(F)F)c1)CC[C@H](C)C3. The van der Waals surface area contributed by atoms with Crippen LogP contribution in [0.2, 0.25) is 5.02 Å². The Labute approximate surface area is 220 Å². The molecule has 1 aliphatic carbocycles. The number of fused-ring (bicyclic) bond motifs is 3. The van der Waals surface area contributed by atoms with Gasteiger partial charge in [0.1, 0.15) is 4.83 Å². The Balaban J connectivity index is 1.80. The highest BCUT2D eigenvalue weighted by atomic mass is 35.5. The molecule has 0 spiro atoms. The van der Waals surface area contributed by atoms with Gasteiger partial charge in [-0.1, -0.05) is 44.1 Å². The number of halogens is 4. The van der Waals surface area contributed by atoms with E-state index in [-0.39, 0.29) is 22.5 Å². The van der Waals surface area contributed by atoms with Gasteiger partial charge in [0.2, 0.25) is 5.91 Å². The lowest BCUT2D eigenvalue weighted by molar-refractivity contribution is -0.137. The molecule has 2 aromatic heterocycles. The maximum atomic E-state index is 13.8. The number of aromatic nitrogens is 2. The molecule has 5 nitrogen and oxygen atoms in total. The molecule has 0 saturated carbocycles. The minimum Gasteiger partial charge on any atom is -0.355 e. The number of thiophene rings is 1. The van der Waals surface area contributed by atoms with Gasteiger partial charge in [0, 0.05) is 11.4 Å². The lowest BCUT2D eigenvalue weighted by atomic mass is 9.89. The van der Waals surface area contributed by atoms with Crippen molar-refractivity contribution in [2.45, 2.75) is 57.8 Å². The van der Waals surface area contributed by atoms with Gasteiger partial charge in [0.25, 0.3) is 5.56 Å². The van der Waals surface area contributed by atoms with Crippen LogP contribution in [0.5, 0.6) is 0 Å². The van der Waals surface area contributed by atoms with Gasteiger partial charge in [0.05, 0.1) is 27.4 Å². The van der Waals surface area contributed by atoms with E-state index in [2.05, 4.69) is 31.1 Å². The van der Waals surface area contributed by atoms with Crippen LogP contribution in [0, 0.1) is 11.8 Å². The summed E-state index contributed by atoms with van der Waals surface area (Å²) in [5, 5.41) is 3.02. The second-order valence-corrected chi connectivity index (χ2v) is 12.0. The molecule has 0 bridgehead atoms. The Kier molecular flexibility index (Phi) is 8.07. The Morgan fingerprint density at radius 2 is 2.11 bits per heavy atom. The summed E-state index contributed by atoms with van der Waals surface area (Å²) < 4.78 is 42.0. The van der Waals surface area contributed by atoms with Crippen LogP contribution in [0.4, 0.5) is 13.2 Å². The molecule has 0 fully saturated rings. The molecule has 11 heteroatoms. The smallest absolute Gasteiger partial charge is 0.355 e. The summed E-state index contributed by atoms with van der Waals surface area (Å²) in [5.41, 5.74) is -0.507. The molecule has 0 aliphatic heterocycles. The van der Waals surface area contributed by atoms with Gasteiger partial charge in [-0.25, -0.2) is 4.98 Å². The summed E-state index contributed by atoms with van der Waals surface area (Å²) >= 11 is 8.32. The number of aryl methyl sites for hydroxylation is 1. The lowest BCUT2D eigenvalue weighted by Gasteiger charge is -2.18. The maximum Gasteiger partial charge on any atom is 0.417 e. The molecule has 1 aliphatic rings. The van der Waals surface area contributed by atoms with Gasteiger partial charge in [-0.05, 0) is 61.3 Å². The van der Waals surface area contributed by atoms with Crippen molar-refractivity contribution in [1.29, 1.82) is 0 Å². The summed E-state index contributed by atoms with van der Waals surface area (Å²) in [4.78, 5) is 32.6. The van der Waals surface area contributed by atoms with Crippen LogP contribution in [0.3, 0.4) is 0 Å². The first kappa shape index (κ1) is 27.0. The first-order chi connectivity index (χ1) is 17.0. The summed E-state index contributed by atoms with van der Waals surface area (Å²) in [5.74, 6) is 0.681. The number of nitrogens with zero attached hydrogens (tertiary/aromatic N) is 2. The number of nitrogens with one attached hydrogen (secondary N) is 1. The number of hydrogen-bond acceptors (Lipinski definition) is 5. The van der Waals surface area contributed by atoms with Crippen molar-refractivity contribution in [3.63, 3.8) is 0 Å². The van der Waals surface area contributed by atoms with Gasteiger partial charge in [-0.3, -0.25) is 14.2 Å². The van der Waals surface area contributed by atoms with Gasteiger partial charge < -0.3 is 5.32 Å². The second kappa shape index (κ2) is 10.8. The van der Waals surface area contributed by atoms with Crippen LogP contribution >= 0.6 is 34.7 Å². The zero-order chi connectivity index (χ0) is 26.2. The molecule has 1 atom stereocenters. The molecular formula is C25H27ClF3N3O2S2. The van der Waals surface area contributed by atoms with E-state index in [1.807, 2.05) is 0 Å². The molecule has 1 N–H and O–H groups in total. The first-order valence-electron chi connectivity index (χ1n) is 11.8. The molecular weight excluding hydrogens is 531 g/mol. The first-order valence-corrected chi connectivity index (χ1v) is 14.0. The van der Waals surface area contributed by atoms with Crippen molar-refractivity contribution in [2.24, 2.45) is 11.8 Å². The van der Waals surface area contributed by atoms with Gasteiger partial charge >= 0.3 is 6.18 Å². The van der Waals surface area contributed by atoms with E-state index in [1.54, 1.807) is 0 Å². The van der Waals surface area contributed by atoms with Crippen molar-refractivity contribution in [1.82, 2.24) is 14.9 Å². The van der Waals surface area contributed by atoms with Gasteiger partial charge in [-0.2, -0.15) is 13.2 Å². The second-order valence-electron chi connectivity index (χ2n) is 9.55. The third kappa shape index (κ3) is 5.75. The predicted octanol–water partition coefficient (Wildman–Crippen LogP) is 6.50. The van der Waals surface area contributed by atoms with Crippen molar-refractivity contribution >= 4 is 50.8 Å². The fraction of sp³-hybridized carbons (Fsp3) is 0.480. The topological polar surface area (TPSA) is 64.0 Å². The van der Waals surface area contributed by atoms with Gasteiger partial charge in [0.15, 0.2) is 5.16 Å². The van der Waals surface area contributed by atoms with E-state index in [4.69, 9.17) is 11.6 Å². The highest BCUT2D eigenvalue weighted by Gasteiger charge is 2.34. The van der Waals surface area contributed by atoms with Crippen LogP contribution in [0.25, 0.3) is 15.9 Å². The number of rotatable bonds is 7. The molecule has 194 valence electrons. The highest BCUT2D eigenvalue weighted by molar-refractivity contribution is 7.99. The van der Waals surface area contributed by atoms with Crippen molar-refractivity contribution < 1.29 is 18.0 Å². The van der Waals surface area contributed by atoms with E-state index >= 15 is 0 Å². The Morgan fingerprint density at radius 3 is 2.81 bits per heavy atom. The summed E-state index contributed by atoms with van der Waals surface area (Å²) in [7, 11) is 0. The number of carbonyl (C=O) groups is 1. The van der Waals surface area contributed by atoms with Crippen LogP contribution in [-0.2, 0) is 23.8 Å². The third-order valence-corrected chi connectivity index (χ3v) is 8.60. The largest absolute Gasteiger partial charge is 0.417 e. The number of alkyl halides is 3. The Morgan fingerprint density at radius 1 is 1.36 bits per heavy atom. The normalized spacial score (nSPS) is 15.9. The van der Waals surface area contributed by atoms with Gasteiger partial charge in [-0.15, -0.1) is 11.3 Å². The molecule has 0 unspecified atom stereocenters. The van der Waals surface area contributed by atoms with Crippen molar-refractivity contribution in [3.05, 3.63) is 49.6 Å². The average molecular weight is 558 g/mol. The zero-order valence-electron chi connectivity index (χ0n) is 20.2. The molecule has 1 aromatic carbocycles. The number of carbonyl (C=O) groups excluding carboxylic acids is 1. The lowest BCUT2D eigenvalue weighted by Crippen LogP contribution is -2.28. The number of hydrogen-bond donors (Lipinski definition) is 1. The number of benzene rings is 1. The third-order valence-electron chi connectivity index (χ3n) is 6.19. The highest BCUT2D eigenvalue weighted by Crippen LogP contribution is 2.39. The zero-order valence-corrected chi connectivity index (χ0v) is 22.6. The molecule has 1 amide bonds. The number of amides is 1. The summed E-state index contributed by atoms with van der Waals surface area (Å²) in [6.45, 7) is 6.80. The monoisotopic (exact) mass is 557 g/mol. The molecule has 0 radical (unpaired) electrons. The van der Waals surface area contributed by atoms with E-state index in [0.717, 1.165) is 60.0 Å². The fourth-order valence-electron chi connectivity index (χ4n) is 4.25. The Hall–Kier alpha value is -2.04. The minimum atomic E-state index is -4.68. The van der Waals surface area contributed by atoms with Crippen LogP contribution < -0.4 is 10.9 Å². The average Bonchev–Trinajstić information content (AvgIpc) is 3.15. The van der Waals surface area contributed by atoms with Crippen molar-refractivity contribution in [3.8, 4) is 5.69 Å². The van der Waals surface area contributed by atoms with E-state index in [1.165, 1.54) is 22.0 Å². The van der Waals surface area contributed by atoms with E-state index in [9.17, 15) is 22.8 Å². The molecule has 4 rings (SSSR count). The standard InChI is InChI=1S/C25H27ClF3N3O2S2/c1-13(2)8-9-30-20(33)12-35-24-31-22-21(16-6-4-14(3)10-19(16)36-22)23(34)32(24)15-5-7-18(26)17(11-15)25(27,28)29/h5,7,11,13-14H,4,6,8-10,12H2,1-3H3,(H,30,33)/t14-/m0/s1. The molecule has 36 heavy (non-hydrogen) atoms. The van der Waals surface area contributed by atoms with Crippen LogP contribution in [0.15, 0.2) is 28.2 Å². The number of thioether (sulfide) groups is 1. The predicted molar refractivity (Wildman–Crippen MR) is 140 cm³/mol. The minimum absolute atomic E-state index is 0.0120. The van der Waals surface area contributed by atoms with E-state index in [0.29, 0.717) is 28.6 Å². The van der Waals surface area contributed by atoms with Crippen LogP contribution in [0.1, 0.15) is 49.6 Å². The molecule has 2 heterocycles. The maximum absolute atomic E-state index is 13.8.